The molecule has 2 unspecified atom stereocenters. The Kier molecular flexibility index (Phi) is 6.20. The van der Waals surface area contributed by atoms with Gasteiger partial charge >= 0.3 is 0 Å². The molecule has 2 nitrogen and oxygen atoms in total. The van der Waals surface area contributed by atoms with Gasteiger partial charge in [-0.25, -0.2) is 0 Å². The third-order valence-electron chi connectivity index (χ3n) is 3.09. The average Bonchev–Trinajstić information content (AvgIpc) is 2.37. The summed E-state index contributed by atoms with van der Waals surface area (Å²) in [5.41, 5.74) is 1.36. The first-order valence-corrected chi connectivity index (χ1v) is 6.98. The summed E-state index contributed by atoms with van der Waals surface area (Å²) in [4.78, 5) is 0. The van der Waals surface area contributed by atoms with Crippen LogP contribution in [0.2, 0.25) is 0 Å². The van der Waals surface area contributed by atoms with E-state index in [4.69, 9.17) is 9.47 Å². The van der Waals surface area contributed by atoms with Gasteiger partial charge in [-0.15, -0.1) is 0 Å². The smallest absolute Gasteiger partial charge is 0.199 e. The van der Waals surface area contributed by atoms with E-state index in [9.17, 15) is 0 Å². The van der Waals surface area contributed by atoms with Crippen LogP contribution in [0, 0.1) is 0 Å². The predicted molar refractivity (Wildman–Crippen MR) is 76.1 cm³/mol. The molecule has 0 aliphatic rings. The maximum absolute atomic E-state index is 5.82. The molecule has 0 aromatic heterocycles. The standard InChI is InChI=1S/C16H26O2/c1-6-13(5)14-8-10-15(11-9-14)18-16(7-2)17-12(3)4/h8-13,16H,6-7H2,1-5H3. The second kappa shape index (κ2) is 7.42. The average molecular weight is 250 g/mol. The number of hydrogen-bond donors (Lipinski definition) is 0. The number of rotatable bonds is 7. The van der Waals surface area contributed by atoms with Crippen LogP contribution in [0.4, 0.5) is 0 Å². The molecule has 2 heteroatoms. The summed E-state index contributed by atoms with van der Waals surface area (Å²) in [6.45, 7) is 10.6. The molecule has 0 radical (unpaired) electrons. The fraction of sp³-hybridized carbons (Fsp3) is 0.625. The van der Waals surface area contributed by atoms with Gasteiger partial charge < -0.3 is 9.47 Å². The molecule has 2 atom stereocenters. The fourth-order valence-electron chi connectivity index (χ4n) is 1.77. The summed E-state index contributed by atoms with van der Waals surface area (Å²) in [7, 11) is 0. The lowest BCUT2D eigenvalue weighted by Gasteiger charge is -2.20. The first-order chi connectivity index (χ1) is 8.56. The van der Waals surface area contributed by atoms with Crippen LogP contribution in [0.1, 0.15) is 58.9 Å². The number of ether oxygens (including phenoxy) is 2. The van der Waals surface area contributed by atoms with Crippen molar-refractivity contribution in [3.05, 3.63) is 29.8 Å². The van der Waals surface area contributed by atoms with Gasteiger partial charge in [0.2, 0.25) is 0 Å². The van der Waals surface area contributed by atoms with E-state index in [0.29, 0.717) is 5.92 Å². The van der Waals surface area contributed by atoms with Crippen LogP contribution in [-0.4, -0.2) is 12.4 Å². The highest BCUT2D eigenvalue weighted by Gasteiger charge is 2.10. The zero-order chi connectivity index (χ0) is 13.5. The normalized spacial score (nSPS) is 14.6. The van der Waals surface area contributed by atoms with Crippen molar-refractivity contribution in [2.24, 2.45) is 0 Å². The minimum Gasteiger partial charge on any atom is -0.465 e. The van der Waals surface area contributed by atoms with Crippen molar-refractivity contribution in [3.8, 4) is 5.75 Å². The summed E-state index contributed by atoms with van der Waals surface area (Å²) in [5, 5.41) is 0. The molecule has 1 aromatic carbocycles. The zero-order valence-corrected chi connectivity index (χ0v) is 12.3. The van der Waals surface area contributed by atoms with Crippen LogP contribution in [0.15, 0.2) is 24.3 Å². The van der Waals surface area contributed by atoms with Gasteiger partial charge in [-0.05, 0) is 43.9 Å². The molecule has 0 saturated carbocycles. The van der Waals surface area contributed by atoms with Crippen LogP contribution in [0.25, 0.3) is 0 Å². The Bertz CT molecular complexity index is 329. The molecule has 1 rings (SSSR count). The molecular weight excluding hydrogens is 224 g/mol. The minimum absolute atomic E-state index is 0.153. The predicted octanol–water partition coefficient (Wildman–Crippen LogP) is 4.74. The van der Waals surface area contributed by atoms with E-state index in [0.717, 1.165) is 18.6 Å². The van der Waals surface area contributed by atoms with Gasteiger partial charge in [0.25, 0.3) is 0 Å². The third-order valence-corrected chi connectivity index (χ3v) is 3.09. The highest BCUT2D eigenvalue weighted by Crippen LogP contribution is 2.22. The van der Waals surface area contributed by atoms with E-state index in [1.165, 1.54) is 5.56 Å². The quantitative estimate of drug-likeness (QED) is 0.651. The Labute approximate surface area is 111 Å². The van der Waals surface area contributed by atoms with Crippen LogP contribution in [0.3, 0.4) is 0 Å². The SMILES string of the molecule is CCC(Oc1ccc(C(C)CC)cc1)OC(C)C. The molecule has 0 heterocycles. The third kappa shape index (κ3) is 4.69. The Balaban J connectivity index is 2.61. The highest BCUT2D eigenvalue weighted by molar-refractivity contribution is 5.29. The van der Waals surface area contributed by atoms with Crippen molar-refractivity contribution < 1.29 is 9.47 Å². The van der Waals surface area contributed by atoms with Crippen molar-refractivity contribution in [3.63, 3.8) is 0 Å². The Morgan fingerprint density at radius 1 is 0.944 bits per heavy atom. The molecule has 0 aliphatic carbocycles. The van der Waals surface area contributed by atoms with Crippen LogP contribution in [0.5, 0.6) is 5.75 Å². The molecule has 102 valence electrons. The lowest BCUT2D eigenvalue weighted by molar-refractivity contribution is -0.109. The van der Waals surface area contributed by atoms with Crippen molar-refractivity contribution in [1.29, 1.82) is 0 Å². The summed E-state index contributed by atoms with van der Waals surface area (Å²) < 4.78 is 11.5. The van der Waals surface area contributed by atoms with E-state index in [-0.39, 0.29) is 12.4 Å². The topological polar surface area (TPSA) is 18.5 Å². The highest BCUT2D eigenvalue weighted by atomic mass is 16.7. The molecule has 1 aromatic rings. The summed E-state index contributed by atoms with van der Waals surface area (Å²) in [5.74, 6) is 1.49. The van der Waals surface area contributed by atoms with Gasteiger partial charge in [-0.3, -0.25) is 0 Å². The molecule has 0 bridgehead atoms. The molecule has 0 saturated heterocycles. The Hall–Kier alpha value is -1.02. The van der Waals surface area contributed by atoms with Gasteiger partial charge in [0.1, 0.15) is 5.75 Å². The first-order valence-electron chi connectivity index (χ1n) is 6.98. The van der Waals surface area contributed by atoms with E-state index >= 15 is 0 Å². The minimum atomic E-state index is -0.153. The van der Waals surface area contributed by atoms with Crippen molar-refractivity contribution in [2.45, 2.75) is 65.8 Å². The Morgan fingerprint density at radius 3 is 2.00 bits per heavy atom. The lowest BCUT2D eigenvalue weighted by Crippen LogP contribution is -2.23. The zero-order valence-electron chi connectivity index (χ0n) is 12.3. The molecular formula is C16H26O2. The monoisotopic (exact) mass is 250 g/mol. The number of benzene rings is 1. The van der Waals surface area contributed by atoms with Gasteiger partial charge in [0, 0.05) is 6.42 Å². The summed E-state index contributed by atoms with van der Waals surface area (Å²) in [6, 6.07) is 8.36. The van der Waals surface area contributed by atoms with Gasteiger partial charge in [-0.1, -0.05) is 32.9 Å². The number of hydrogen-bond acceptors (Lipinski definition) is 2. The molecule has 0 fully saturated rings. The van der Waals surface area contributed by atoms with Crippen molar-refractivity contribution in [2.75, 3.05) is 0 Å². The van der Waals surface area contributed by atoms with Crippen LogP contribution >= 0.6 is 0 Å². The second-order valence-electron chi connectivity index (χ2n) is 5.02. The van der Waals surface area contributed by atoms with Crippen molar-refractivity contribution >= 4 is 0 Å². The molecule has 0 aliphatic heterocycles. The second-order valence-corrected chi connectivity index (χ2v) is 5.02. The van der Waals surface area contributed by atoms with Crippen molar-refractivity contribution in [1.82, 2.24) is 0 Å². The van der Waals surface area contributed by atoms with E-state index < -0.39 is 0 Å². The van der Waals surface area contributed by atoms with E-state index in [1.807, 2.05) is 26.0 Å². The lowest BCUT2D eigenvalue weighted by atomic mass is 9.99. The van der Waals surface area contributed by atoms with E-state index in [1.54, 1.807) is 0 Å². The molecule has 0 spiro atoms. The van der Waals surface area contributed by atoms with E-state index in [2.05, 4.69) is 32.9 Å². The summed E-state index contributed by atoms with van der Waals surface area (Å²) >= 11 is 0. The fourth-order valence-corrected chi connectivity index (χ4v) is 1.77. The Morgan fingerprint density at radius 2 is 1.56 bits per heavy atom. The van der Waals surface area contributed by atoms with Crippen LogP contribution < -0.4 is 4.74 Å². The van der Waals surface area contributed by atoms with Gasteiger partial charge in [-0.2, -0.15) is 0 Å². The molecule has 0 amide bonds. The van der Waals surface area contributed by atoms with Crippen LogP contribution in [-0.2, 0) is 4.74 Å². The first kappa shape index (κ1) is 15.0. The molecule has 0 N–H and O–H groups in total. The van der Waals surface area contributed by atoms with Gasteiger partial charge in [0.15, 0.2) is 6.29 Å². The largest absolute Gasteiger partial charge is 0.465 e. The van der Waals surface area contributed by atoms with Gasteiger partial charge in [0.05, 0.1) is 6.10 Å². The molecule has 18 heavy (non-hydrogen) atoms. The summed E-state index contributed by atoms with van der Waals surface area (Å²) in [6.07, 6.45) is 2.05. The maximum atomic E-state index is 5.82. The maximum Gasteiger partial charge on any atom is 0.199 e.